The van der Waals surface area contributed by atoms with E-state index < -0.39 is 5.97 Å². The van der Waals surface area contributed by atoms with E-state index in [1.807, 2.05) is 0 Å². The largest absolute Gasteiger partial charge is 0.482 e. The zero-order valence-electron chi connectivity index (χ0n) is 11.4. The maximum Gasteiger partial charge on any atom is 0.352 e. The van der Waals surface area contributed by atoms with E-state index in [2.05, 4.69) is 5.32 Å². The van der Waals surface area contributed by atoms with E-state index in [-0.39, 0.29) is 12.5 Å². The van der Waals surface area contributed by atoms with Crippen molar-refractivity contribution in [2.75, 3.05) is 17.7 Å². The number of hydrogen-bond acceptors (Lipinski definition) is 4. The third kappa shape index (κ3) is 3.53. The minimum Gasteiger partial charge on any atom is -0.482 e. The maximum atomic E-state index is 10.9. The van der Waals surface area contributed by atoms with Gasteiger partial charge < -0.3 is 25.5 Å². The number of nitrogen functional groups attached to an aromatic ring is 1. The average molecular weight is 289 g/mol. The topological polar surface area (TPSA) is 107 Å². The summed E-state index contributed by atoms with van der Waals surface area (Å²) in [7, 11) is 1.70. The minimum atomic E-state index is -0.887. The van der Waals surface area contributed by atoms with Crippen LogP contribution in [0.2, 0.25) is 0 Å². The molecule has 4 N–H and O–H groups in total. The van der Waals surface area contributed by atoms with Gasteiger partial charge in [-0.1, -0.05) is 0 Å². The van der Waals surface area contributed by atoms with Crippen molar-refractivity contribution in [2.24, 2.45) is 7.05 Å². The minimum absolute atomic E-state index is 0.0803. The lowest BCUT2D eigenvalue weighted by atomic mass is 10.2. The first kappa shape index (κ1) is 14.4. The fourth-order valence-corrected chi connectivity index (χ4v) is 1.78. The molecule has 7 heteroatoms. The van der Waals surface area contributed by atoms with E-state index >= 15 is 0 Å². The summed E-state index contributed by atoms with van der Waals surface area (Å²) in [4.78, 5) is 21.1. The van der Waals surface area contributed by atoms with E-state index in [4.69, 9.17) is 15.6 Å². The van der Waals surface area contributed by atoms with Crippen molar-refractivity contribution >= 4 is 23.3 Å². The Bertz CT molecular complexity index is 679. The van der Waals surface area contributed by atoms with Crippen molar-refractivity contribution in [3.63, 3.8) is 0 Å². The van der Waals surface area contributed by atoms with E-state index in [9.17, 15) is 9.59 Å². The molecule has 0 spiro atoms. The van der Waals surface area contributed by atoms with Gasteiger partial charge in [-0.2, -0.15) is 0 Å². The molecular weight excluding hydrogens is 274 g/mol. The summed E-state index contributed by atoms with van der Waals surface area (Å²) in [6.45, 7) is 0.0803. The molecule has 0 fully saturated rings. The molecule has 0 saturated heterocycles. The Labute approximate surface area is 120 Å². The van der Waals surface area contributed by atoms with Crippen molar-refractivity contribution in [1.82, 2.24) is 4.57 Å². The zero-order chi connectivity index (χ0) is 15.4. The normalized spacial score (nSPS) is 12.3. The molecule has 21 heavy (non-hydrogen) atoms. The zero-order valence-corrected chi connectivity index (χ0v) is 11.4. The van der Waals surface area contributed by atoms with Crippen LogP contribution < -0.4 is 15.8 Å². The summed E-state index contributed by atoms with van der Waals surface area (Å²) >= 11 is 0. The highest BCUT2D eigenvalue weighted by Gasteiger charge is 2.14. The number of benzene rings is 1. The summed E-state index contributed by atoms with van der Waals surface area (Å²) in [6, 6.07) is 8.40. The second kappa shape index (κ2) is 6.00. The van der Waals surface area contributed by atoms with Gasteiger partial charge in [0.1, 0.15) is 11.4 Å². The van der Waals surface area contributed by atoms with Crippen LogP contribution >= 0.6 is 0 Å². The van der Waals surface area contributed by atoms with E-state index in [1.54, 1.807) is 48.1 Å². The number of carbonyl (C=O) groups is 2. The number of carboxylic acid groups (broad SMARTS) is 1. The van der Waals surface area contributed by atoms with Crippen molar-refractivity contribution in [3.05, 3.63) is 42.2 Å². The van der Waals surface area contributed by atoms with Crippen molar-refractivity contribution in [2.45, 2.75) is 0 Å². The predicted molar refractivity (Wildman–Crippen MR) is 77.4 cm³/mol. The van der Waals surface area contributed by atoms with Gasteiger partial charge in [0.05, 0.1) is 5.69 Å². The van der Waals surface area contributed by atoms with E-state index in [0.717, 1.165) is 0 Å². The molecule has 0 unspecified atom stereocenters. The Morgan fingerprint density at radius 1 is 1.43 bits per heavy atom. The number of carbonyl (C=O) groups excluding carboxylic acids is 1. The Morgan fingerprint density at radius 2 is 2.19 bits per heavy atom. The van der Waals surface area contributed by atoms with Crippen LogP contribution in [-0.4, -0.2) is 28.2 Å². The first-order valence-corrected chi connectivity index (χ1v) is 6.14. The number of nitrogens with one attached hydrogen (secondary N) is 1. The highest BCUT2D eigenvalue weighted by Crippen LogP contribution is 2.28. The maximum absolute atomic E-state index is 10.9. The monoisotopic (exact) mass is 289 g/mol. The molecule has 0 radical (unpaired) electrons. The molecule has 1 aliphatic heterocycles. The number of hydrogen-bond donors (Lipinski definition) is 3. The highest BCUT2D eigenvalue weighted by atomic mass is 16.5. The summed E-state index contributed by atoms with van der Waals surface area (Å²) in [5.74, 6) is -0.362. The number of ether oxygens (including phenoxy) is 1. The van der Waals surface area contributed by atoms with Crippen molar-refractivity contribution in [1.29, 1.82) is 0 Å². The fourth-order valence-electron chi connectivity index (χ4n) is 1.78. The molecule has 2 heterocycles. The van der Waals surface area contributed by atoms with Crippen molar-refractivity contribution in [3.8, 4) is 5.75 Å². The lowest BCUT2D eigenvalue weighted by molar-refractivity contribution is -0.118. The van der Waals surface area contributed by atoms with Crippen LogP contribution in [0.4, 0.5) is 11.4 Å². The Hall–Kier alpha value is -2.96. The molecule has 1 aromatic heterocycles. The molecule has 0 atom stereocenters. The van der Waals surface area contributed by atoms with Gasteiger partial charge in [-0.3, -0.25) is 4.79 Å². The number of aromatic carboxylic acids is 1. The lowest BCUT2D eigenvalue weighted by Crippen LogP contribution is -2.25. The van der Waals surface area contributed by atoms with Crippen LogP contribution in [0.1, 0.15) is 10.5 Å². The molecule has 7 nitrogen and oxygen atoms in total. The Balaban J connectivity index is 0.000000161. The van der Waals surface area contributed by atoms with Crippen molar-refractivity contribution < 1.29 is 19.4 Å². The number of anilines is 2. The SMILES string of the molecule is Cn1cccc1C(=O)O.Nc1ccc2c(c1)NC(=O)CO2. The Morgan fingerprint density at radius 3 is 2.76 bits per heavy atom. The number of fused-ring (bicyclic) bond motifs is 1. The summed E-state index contributed by atoms with van der Waals surface area (Å²) in [6.07, 6.45) is 1.70. The number of rotatable bonds is 1. The van der Waals surface area contributed by atoms with Crippen LogP contribution in [0.3, 0.4) is 0 Å². The van der Waals surface area contributed by atoms with Crippen LogP contribution in [0.5, 0.6) is 5.75 Å². The first-order chi connectivity index (χ1) is 9.97. The predicted octanol–water partition coefficient (Wildman–Crippen LogP) is 1.32. The first-order valence-electron chi connectivity index (χ1n) is 6.14. The molecule has 1 amide bonds. The number of nitrogens with zero attached hydrogens (tertiary/aromatic N) is 1. The molecule has 0 bridgehead atoms. The van der Waals surface area contributed by atoms with Crippen LogP contribution in [0.15, 0.2) is 36.5 Å². The number of aryl methyl sites for hydroxylation is 1. The number of carboxylic acids is 1. The third-order valence-corrected chi connectivity index (χ3v) is 2.80. The molecule has 0 saturated carbocycles. The van der Waals surface area contributed by atoms with E-state index in [1.165, 1.54) is 0 Å². The van der Waals surface area contributed by atoms with E-state index in [0.29, 0.717) is 22.8 Å². The number of aromatic nitrogens is 1. The quantitative estimate of drug-likeness (QED) is 0.686. The van der Waals surface area contributed by atoms with Gasteiger partial charge in [0, 0.05) is 18.9 Å². The van der Waals surface area contributed by atoms with Gasteiger partial charge in [-0.05, 0) is 30.3 Å². The highest BCUT2D eigenvalue weighted by molar-refractivity contribution is 5.95. The summed E-state index contributed by atoms with van der Waals surface area (Å²) in [5.41, 5.74) is 7.09. The van der Waals surface area contributed by atoms with Crippen LogP contribution in [-0.2, 0) is 11.8 Å². The molecule has 3 rings (SSSR count). The van der Waals surface area contributed by atoms with Gasteiger partial charge >= 0.3 is 5.97 Å². The molecule has 2 aromatic rings. The molecule has 110 valence electrons. The number of amides is 1. The lowest BCUT2D eigenvalue weighted by Gasteiger charge is -2.17. The molecular formula is C14H15N3O4. The molecule has 1 aliphatic rings. The van der Waals surface area contributed by atoms with Crippen LogP contribution in [0, 0.1) is 0 Å². The standard InChI is InChI=1S/C8H8N2O2.C6H7NO2/c9-5-1-2-7-6(3-5)10-8(11)4-12-7;1-7-4-2-3-5(7)6(8)9/h1-3H,4,9H2,(H,10,11);2-4H,1H3,(H,8,9). The van der Waals surface area contributed by atoms with Gasteiger partial charge in [-0.15, -0.1) is 0 Å². The molecule has 0 aliphatic carbocycles. The van der Waals surface area contributed by atoms with Gasteiger partial charge in [0.25, 0.3) is 5.91 Å². The van der Waals surface area contributed by atoms with Gasteiger partial charge in [-0.25, -0.2) is 4.79 Å². The summed E-state index contributed by atoms with van der Waals surface area (Å²) in [5, 5.41) is 11.1. The average Bonchev–Trinajstić information content (AvgIpc) is 2.85. The third-order valence-electron chi connectivity index (χ3n) is 2.80. The second-order valence-electron chi connectivity index (χ2n) is 4.40. The fraction of sp³-hybridized carbons (Fsp3) is 0.143. The summed E-state index contributed by atoms with van der Waals surface area (Å²) < 4.78 is 6.68. The smallest absolute Gasteiger partial charge is 0.352 e. The Kier molecular flexibility index (Phi) is 4.13. The molecule has 1 aromatic carbocycles. The van der Waals surface area contributed by atoms with Gasteiger partial charge in [0.15, 0.2) is 6.61 Å². The number of nitrogens with two attached hydrogens (primary N) is 1. The second-order valence-corrected chi connectivity index (χ2v) is 4.40. The van der Waals surface area contributed by atoms with Gasteiger partial charge in [0.2, 0.25) is 0 Å². The van der Waals surface area contributed by atoms with Crippen LogP contribution in [0.25, 0.3) is 0 Å².